The first-order chi connectivity index (χ1) is 17.2. The Kier molecular flexibility index (Phi) is 9.41. The number of anilines is 1. The van der Waals surface area contributed by atoms with Crippen LogP contribution in [0.2, 0.25) is 0 Å². The van der Waals surface area contributed by atoms with Crippen LogP contribution in [-0.4, -0.2) is 19.6 Å². The van der Waals surface area contributed by atoms with Crippen LogP contribution in [-0.2, 0) is 10.3 Å². The number of carboxylic acid groups (broad SMARTS) is 1. The highest BCUT2D eigenvalue weighted by Crippen LogP contribution is 2.47. The van der Waals surface area contributed by atoms with Crippen LogP contribution in [0.25, 0.3) is 0 Å². The van der Waals surface area contributed by atoms with Gasteiger partial charge in [0.2, 0.25) is 0 Å². The molecule has 2 unspecified atom stereocenters. The molecular weight excluding hydrogens is 498 g/mol. The molecule has 2 aromatic rings. The van der Waals surface area contributed by atoms with Crippen LogP contribution >= 0.6 is 0 Å². The van der Waals surface area contributed by atoms with Gasteiger partial charge in [-0.25, -0.2) is 4.79 Å². The standard InChI is InChI=1S/C31H47NO5S/c1-19(2)23-15-13-16-24(20(3)4)27(23)32(29(33)34)38(35,36)37-28-25(21(5)30(7,8)9)17-14-18-26(28)22(6)31(10,11)12/h13-22H,1-12H3,(H,33,34). The second kappa shape index (κ2) is 11.3. The Morgan fingerprint density at radius 3 is 1.37 bits per heavy atom. The van der Waals surface area contributed by atoms with Gasteiger partial charge in [-0.15, -0.1) is 4.31 Å². The van der Waals surface area contributed by atoms with Crippen molar-refractivity contribution in [1.29, 1.82) is 0 Å². The minimum atomic E-state index is -4.81. The van der Waals surface area contributed by atoms with E-state index in [1.807, 2.05) is 65.8 Å². The maximum Gasteiger partial charge on any atom is 0.428 e. The number of benzene rings is 2. The summed E-state index contributed by atoms with van der Waals surface area (Å²) in [6, 6.07) is 11.1. The lowest BCUT2D eigenvalue weighted by molar-refractivity contribution is 0.205. The van der Waals surface area contributed by atoms with Crippen LogP contribution in [0, 0.1) is 10.8 Å². The van der Waals surface area contributed by atoms with Gasteiger partial charge in [0.05, 0.1) is 5.69 Å². The van der Waals surface area contributed by atoms with E-state index in [0.717, 1.165) is 11.1 Å². The summed E-state index contributed by atoms with van der Waals surface area (Å²) in [4.78, 5) is 12.7. The molecule has 0 spiro atoms. The van der Waals surface area contributed by atoms with Crippen LogP contribution in [0.4, 0.5) is 10.5 Å². The van der Waals surface area contributed by atoms with Crippen molar-refractivity contribution in [2.24, 2.45) is 10.8 Å². The molecule has 6 nitrogen and oxygen atoms in total. The highest BCUT2D eigenvalue weighted by Gasteiger charge is 2.39. The largest absolute Gasteiger partial charge is 0.464 e. The van der Waals surface area contributed by atoms with Crippen molar-refractivity contribution in [3.8, 4) is 5.75 Å². The van der Waals surface area contributed by atoms with Gasteiger partial charge in [0.15, 0.2) is 5.75 Å². The Hall–Kier alpha value is -2.54. The van der Waals surface area contributed by atoms with E-state index in [9.17, 15) is 18.3 Å². The lowest BCUT2D eigenvalue weighted by atomic mass is 9.73. The number of nitrogens with zero attached hydrogens (tertiary/aromatic N) is 1. The summed E-state index contributed by atoms with van der Waals surface area (Å²) < 4.78 is 34.5. The van der Waals surface area contributed by atoms with Gasteiger partial charge in [0.25, 0.3) is 0 Å². The molecule has 38 heavy (non-hydrogen) atoms. The summed E-state index contributed by atoms with van der Waals surface area (Å²) in [6.45, 7) is 24.3. The molecule has 0 bridgehead atoms. The van der Waals surface area contributed by atoms with Crippen molar-refractivity contribution >= 4 is 22.1 Å². The molecule has 2 atom stereocenters. The Balaban J connectivity index is 2.89. The van der Waals surface area contributed by atoms with Gasteiger partial charge in [0, 0.05) is 0 Å². The second-order valence-electron chi connectivity index (χ2n) is 13.1. The number of hydrogen-bond acceptors (Lipinski definition) is 4. The number of carbonyl (C=O) groups is 1. The lowest BCUT2D eigenvalue weighted by Gasteiger charge is -2.34. The van der Waals surface area contributed by atoms with Gasteiger partial charge in [0.1, 0.15) is 0 Å². The number of amides is 1. The molecule has 2 aromatic carbocycles. The smallest absolute Gasteiger partial charge is 0.428 e. The highest BCUT2D eigenvalue weighted by molar-refractivity contribution is 7.89. The molecule has 1 amide bonds. The maximum absolute atomic E-state index is 14.1. The van der Waals surface area contributed by atoms with Crippen molar-refractivity contribution < 1.29 is 22.5 Å². The van der Waals surface area contributed by atoms with Crippen molar-refractivity contribution in [3.63, 3.8) is 0 Å². The van der Waals surface area contributed by atoms with E-state index in [0.29, 0.717) is 15.4 Å². The lowest BCUT2D eigenvalue weighted by Crippen LogP contribution is -2.40. The predicted octanol–water partition coefficient (Wildman–Crippen LogP) is 9.04. The van der Waals surface area contributed by atoms with E-state index < -0.39 is 16.4 Å². The van der Waals surface area contributed by atoms with Crippen LogP contribution < -0.4 is 8.49 Å². The average molecular weight is 546 g/mol. The number of rotatable bonds is 8. The van der Waals surface area contributed by atoms with E-state index in [2.05, 4.69) is 41.5 Å². The first-order valence-electron chi connectivity index (χ1n) is 13.4. The molecule has 7 heteroatoms. The number of para-hydroxylation sites is 2. The average Bonchev–Trinajstić information content (AvgIpc) is 2.76. The molecule has 0 saturated carbocycles. The molecule has 0 aliphatic carbocycles. The van der Waals surface area contributed by atoms with Crippen molar-refractivity contribution in [3.05, 3.63) is 58.7 Å². The third-order valence-corrected chi connectivity index (χ3v) is 8.90. The van der Waals surface area contributed by atoms with E-state index in [1.165, 1.54) is 0 Å². The fraction of sp³-hybridized carbons (Fsp3) is 0.581. The molecule has 2 rings (SSSR count). The van der Waals surface area contributed by atoms with Gasteiger partial charge in [-0.2, -0.15) is 8.42 Å². The summed E-state index contributed by atoms with van der Waals surface area (Å²) in [5.74, 6) is -0.118. The summed E-state index contributed by atoms with van der Waals surface area (Å²) >= 11 is 0. The van der Waals surface area contributed by atoms with Crippen LogP contribution in [0.5, 0.6) is 5.75 Å². The zero-order valence-corrected chi connectivity index (χ0v) is 26.0. The fourth-order valence-corrected chi connectivity index (χ4v) is 5.58. The molecule has 212 valence electrons. The topological polar surface area (TPSA) is 83.9 Å². The summed E-state index contributed by atoms with van der Waals surface area (Å²) in [6.07, 6.45) is -1.60. The first kappa shape index (κ1) is 31.7. The zero-order chi connectivity index (χ0) is 29.4. The normalized spacial score (nSPS) is 14.5. The summed E-state index contributed by atoms with van der Waals surface area (Å²) in [5, 5.41) is 10.3. The van der Waals surface area contributed by atoms with Gasteiger partial charge in [-0.3, -0.25) is 0 Å². The van der Waals surface area contributed by atoms with Crippen LogP contribution in [0.15, 0.2) is 36.4 Å². The third-order valence-electron chi connectivity index (χ3n) is 7.74. The Labute approximate surface area is 230 Å². The van der Waals surface area contributed by atoms with Gasteiger partial charge in [-0.1, -0.05) is 119 Å². The van der Waals surface area contributed by atoms with Crippen molar-refractivity contribution in [1.82, 2.24) is 0 Å². The van der Waals surface area contributed by atoms with E-state index in [-0.39, 0.29) is 45.9 Å². The Morgan fingerprint density at radius 1 is 0.737 bits per heavy atom. The predicted molar refractivity (Wildman–Crippen MR) is 157 cm³/mol. The second-order valence-corrected chi connectivity index (χ2v) is 14.5. The fourth-order valence-electron chi connectivity index (χ4n) is 4.48. The minimum absolute atomic E-state index is 0.0627. The van der Waals surface area contributed by atoms with E-state index >= 15 is 0 Å². The molecule has 0 saturated heterocycles. The number of hydrogen-bond donors (Lipinski definition) is 1. The minimum Gasteiger partial charge on any atom is -0.464 e. The molecule has 0 fully saturated rings. The van der Waals surface area contributed by atoms with Gasteiger partial charge >= 0.3 is 16.4 Å². The molecule has 0 aliphatic rings. The van der Waals surface area contributed by atoms with Crippen LogP contribution in [0.3, 0.4) is 0 Å². The maximum atomic E-state index is 14.1. The van der Waals surface area contributed by atoms with E-state index in [1.54, 1.807) is 12.1 Å². The van der Waals surface area contributed by atoms with Gasteiger partial charge < -0.3 is 9.29 Å². The van der Waals surface area contributed by atoms with Gasteiger partial charge in [-0.05, 0) is 56.8 Å². The van der Waals surface area contributed by atoms with E-state index in [4.69, 9.17) is 4.18 Å². The quantitative estimate of drug-likeness (QED) is 0.358. The Morgan fingerprint density at radius 2 is 1.08 bits per heavy atom. The SMILES string of the molecule is CC(C)c1cccc(C(C)C)c1N(C(=O)O)S(=O)(=O)Oc1c(C(C)C(C)(C)C)cccc1C(C)C(C)(C)C. The molecular formula is C31H47NO5S. The molecule has 0 radical (unpaired) electrons. The van der Waals surface area contributed by atoms with Crippen molar-refractivity contribution in [2.45, 2.75) is 107 Å². The third kappa shape index (κ3) is 6.71. The molecule has 0 aromatic heterocycles. The Bertz CT molecular complexity index is 1190. The van der Waals surface area contributed by atoms with Crippen molar-refractivity contribution in [2.75, 3.05) is 4.31 Å². The molecule has 1 N–H and O–H groups in total. The summed E-state index contributed by atoms with van der Waals surface area (Å²) in [7, 11) is -4.81. The zero-order valence-electron chi connectivity index (χ0n) is 25.2. The van der Waals surface area contributed by atoms with Crippen LogP contribution in [0.1, 0.15) is 129 Å². The summed E-state index contributed by atoms with van der Waals surface area (Å²) in [5.41, 5.74) is 2.51. The highest BCUT2D eigenvalue weighted by atomic mass is 32.2. The first-order valence-corrected chi connectivity index (χ1v) is 14.8. The molecule has 0 aliphatic heterocycles. The molecule has 0 heterocycles. The monoisotopic (exact) mass is 545 g/mol.